The van der Waals surface area contributed by atoms with Crippen LogP contribution >= 0.6 is 0 Å². The van der Waals surface area contributed by atoms with Gasteiger partial charge < -0.3 is 14.9 Å². The van der Waals surface area contributed by atoms with Crippen LogP contribution in [0, 0.1) is 5.82 Å². The predicted molar refractivity (Wildman–Crippen MR) is 113 cm³/mol. The molecular weight excluding hydrogens is 409 g/mol. The number of rotatable bonds is 5. The lowest BCUT2D eigenvalue weighted by atomic mass is 10.00. The van der Waals surface area contributed by atoms with Crippen molar-refractivity contribution < 1.29 is 12.8 Å². The van der Waals surface area contributed by atoms with Gasteiger partial charge in [-0.1, -0.05) is 6.07 Å². The third-order valence-corrected chi connectivity index (χ3v) is 5.42. The van der Waals surface area contributed by atoms with E-state index >= 15 is 0 Å². The fourth-order valence-electron chi connectivity index (χ4n) is 3.30. The molecule has 1 aromatic carbocycles. The average Bonchev–Trinajstić information content (AvgIpc) is 3.17. The van der Waals surface area contributed by atoms with Crippen molar-refractivity contribution in [3.63, 3.8) is 0 Å². The van der Waals surface area contributed by atoms with Gasteiger partial charge in [-0.05, 0) is 23.8 Å². The van der Waals surface area contributed by atoms with Crippen molar-refractivity contribution in [2.24, 2.45) is 7.05 Å². The molecule has 0 unspecified atom stereocenters. The summed E-state index contributed by atoms with van der Waals surface area (Å²) >= 11 is 0. The van der Waals surface area contributed by atoms with Gasteiger partial charge in [0, 0.05) is 47.9 Å². The quantitative estimate of drug-likeness (QED) is 0.507. The fraction of sp³-hybridized carbons (Fsp3) is 0.150. The van der Waals surface area contributed by atoms with Crippen LogP contribution in [0.1, 0.15) is 5.56 Å². The number of aromatic amines is 1. The molecule has 10 heteroatoms. The smallest absolute Gasteiger partial charge is 0.274 e. The Morgan fingerprint density at radius 1 is 1.17 bits per heavy atom. The van der Waals surface area contributed by atoms with Gasteiger partial charge in [-0.2, -0.15) is 0 Å². The molecule has 0 bridgehead atoms. The summed E-state index contributed by atoms with van der Waals surface area (Å²) in [6.45, 7) is 0. The van der Waals surface area contributed by atoms with Crippen LogP contribution in [-0.4, -0.2) is 34.2 Å². The van der Waals surface area contributed by atoms with E-state index < -0.39 is 15.7 Å². The number of aromatic nitrogens is 4. The summed E-state index contributed by atoms with van der Waals surface area (Å²) in [6, 6.07) is 6.94. The number of H-pyrrole nitrogens is 1. The summed E-state index contributed by atoms with van der Waals surface area (Å²) in [4.78, 5) is 23.2. The number of nitrogens with one attached hydrogen (secondary N) is 2. The van der Waals surface area contributed by atoms with Crippen molar-refractivity contribution >= 4 is 32.4 Å². The molecule has 8 nitrogen and oxygen atoms in total. The Bertz CT molecular complexity index is 1410. The van der Waals surface area contributed by atoms with Crippen molar-refractivity contribution in [2.45, 2.75) is 5.75 Å². The summed E-state index contributed by atoms with van der Waals surface area (Å²) in [5.41, 5.74) is 2.81. The van der Waals surface area contributed by atoms with E-state index in [1.54, 1.807) is 43.7 Å². The maximum atomic E-state index is 13.2. The predicted octanol–water partition coefficient (Wildman–Crippen LogP) is 2.75. The van der Waals surface area contributed by atoms with E-state index in [-0.39, 0.29) is 17.3 Å². The number of sulfone groups is 1. The van der Waals surface area contributed by atoms with E-state index in [4.69, 9.17) is 0 Å². The number of aryl methyl sites for hydroxylation is 1. The van der Waals surface area contributed by atoms with Crippen molar-refractivity contribution in [3.05, 3.63) is 70.8 Å². The molecule has 30 heavy (non-hydrogen) atoms. The van der Waals surface area contributed by atoms with Crippen molar-refractivity contribution in [1.29, 1.82) is 0 Å². The number of benzene rings is 1. The van der Waals surface area contributed by atoms with Gasteiger partial charge >= 0.3 is 0 Å². The zero-order valence-corrected chi connectivity index (χ0v) is 17.0. The van der Waals surface area contributed by atoms with Crippen LogP contribution in [0.3, 0.4) is 0 Å². The van der Waals surface area contributed by atoms with Crippen LogP contribution in [0.25, 0.3) is 22.0 Å². The molecule has 4 aromatic rings. The van der Waals surface area contributed by atoms with Crippen LogP contribution < -0.4 is 10.9 Å². The summed E-state index contributed by atoms with van der Waals surface area (Å²) in [6.07, 6.45) is 6.62. The highest BCUT2D eigenvalue weighted by Gasteiger charge is 2.16. The lowest BCUT2D eigenvalue weighted by molar-refractivity contribution is 0.601. The summed E-state index contributed by atoms with van der Waals surface area (Å²) in [5.74, 6) is -0.505. The fourth-order valence-corrected chi connectivity index (χ4v) is 4.08. The minimum atomic E-state index is -3.25. The summed E-state index contributed by atoms with van der Waals surface area (Å²) in [5, 5.41) is 3.74. The third kappa shape index (κ3) is 3.94. The van der Waals surface area contributed by atoms with Gasteiger partial charge in [0.2, 0.25) is 5.95 Å². The second kappa shape index (κ2) is 7.38. The topological polar surface area (TPSA) is 110 Å². The molecule has 0 spiro atoms. The number of nitrogens with zero attached hydrogens (tertiary/aromatic N) is 3. The molecule has 0 fully saturated rings. The Hall–Kier alpha value is -3.53. The first-order chi connectivity index (χ1) is 14.2. The second-order valence-corrected chi connectivity index (χ2v) is 9.17. The highest BCUT2D eigenvalue weighted by molar-refractivity contribution is 7.89. The van der Waals surface area contributed by atoms with Gasteiger partial charge in [0.1, 0.15) is 5.52 Å². The van der Waals surface area contributed by atoms with Gasteiger partial charge in [0.15, 0.2) is 15.7 Å². The van der Waals surface area contributed by atoms with Gasteiger partial charge in [0.25, 0.3) is 5.56 Å². The number of halogens is 1. The first kappa shape index (κ1) is 19.8. The number of hydrogen-bond acceptors (Lipinski definition) is 6. The zero-order chi connectivity index (χ0) is 21.5. The molecule has 0 saturated heterocycles. The number of anilines is 2. The molecular formula is C20H18FN5O3S. The lowest BCUT2D eigenvalue weighted by Crippen LogP contribution is -2.16. The van der Waals surface area contributed by atoms with Crippen LogP contribution in [0.5, 0.6) is 0 Å². The van der Waals surface area contributed by atoms with E-state index in [2.05, 4.69) is 20.3 Å². The average molecular weight is 427 g/mol. The van der Waals surface area contributed by atoms with E-state index in [1.165, 1.54) is 10.8 Å². The Morgan fingerprint density at radius 2 is 1.90 bits per heavy atom. The standard InChI is InChI=1S/C20H18FN5O3S/c1-26-10-16(14-5-6-22-18(14)19(26)27)15-7-12(11-30(2,28)29)3-4-17(15)25-20-23-8-13(21)9-24-20/h3-10,22H,11H2,1-2H3,(H,23,24,25). The molecule has 0 atom stereocenters. The molecule has 0 saturated carbocycles. The van der Waals surface area contributed by atoms with Crippen molar-refractivity contribution in [1.82, 2.24) is 19.5 Å². The summed E-state index contributed by atoms with van der Waals surface area (Å²) in [7, 11) is -1.61. The Morgan fingerprint density at radius 3 is 2.60 bits per heavy atom. The molecule has 4 rings (SSSR count). The zero-order valence-electron chi connectivity index (χ0n) is 16.2. The van der Waals surface area contributed by atoms with Gasteiger partial charge in [-0.3, -0.25) is 4.79 Å². The van der Waals surface area contributed by atoms with Crippen LogP contribution in [0.4, 0.5) is 16.0 Å². The maximum Gasteiger partial charge on any atom is 0.274 e. The first-order valence-corrected chi connectivity index (χ1v) is 11.0. The molecule has 0 radical (unpaired) electrons. The van der Waals surface area contributed by atoms with Crippen LogP contribution in [0.2, 0.25) is 0 Å². The van der Waals surface area contributed by atoms with Gasteiger partial charge in [-0.15, -0.1) is 0 Å². The van der Waals surface area contributed by atoms with Crippen LogP contribution in [0.15, 0.2) is 53.8 Å². The van der Waals surface area contributed by atoms with Gasteiger partial charge in [0.05, 0.1) is 18.1 Å². The second-order valence-electron chi connectivity index (χ2n) is 7.03. The van der Waals surface area contributed by atoms with Crippen LogP contribution in [-0.2, 0) is 22.6 Å². The highest BCUT2D eigenvalue weighted by Crippen LogP contribution is 2.34. The minimum Gasteiger partial charge on any atom is -0.357 e. The Labute approximate surface area is 171 Å². The molecule has 0 aliphatic rings. The normalized spacial score (nSPS) is 11.7. The molecule has 2 N–H and O–H groups in total. The van der Waals surface area contributed by atoms with E-state index in [1.807, 2.05) is 0 Å². The largest absolute Gasteiger partial charge is 0.357 e. The number of fused-ring (bicyclic) bond motifs is 1. The highest BCUT2D eigenvalue weighted by atomic mass is 32.2. The lowest BCUT2D eigenvalue weighted by Gasteiger charge is -2.15. The first-order valence-electron chi connectivity index (χ1n) is 8.93. The third-order valence-electron chi connectivity index (χ3n) is 4.56. The minimum absolute atomic E-state index is 0.130. The SMILES string of the molecule is Cn1cc(-c2cc(CS(C)(=O)=O)ccc2Nc2ncc(F)cn2)c2cc[nH]c2c1=O. The molecule has 0 aliphatic carbocycles. The van der Waals surface area contributed by atoms with E-state index in [9.17, 15) is 17.6 Å². The molecule has 0 aliphatic heterocycles. The number of pyridine rings is 1. The summed E-state index contributed by atoms with van der Waals surface area (Å²) < 4.78 is 38.2. The molecule has 3 aromatic heterocycles. The van der Waals surface area contributed by atoms with Crippen molar-refractivity contribution in [3.8, 4) is 11.1 Å². The molecule has 154 valence electrons. The number of hydrogen-bond donors (Lipinski definition) is 2. The van der Waals surface area contributed by atoms with E-state index in [0.717, 1.165) is 12.4 Å². The van der Waals surface area contributed by atoms with Crippen molar-refractivity contribution in [2.75, 3.05) is 11.6 Å². The molecule has 0 amide bonds. The van der Waals surface area contributed by atoms with Gasteiger partial charge in [-0.25, -0.2) is 22.8 Å². The monoisotopic (exact) mass is 427 g/mol. The molecule has 3 heterocycles. The van der Waals surface area contributed by atoms with E-state index in [0.29, 0.717) is 33.3 Å². The maximum absolute atomic E-state index is 13.2. The Kier molecular flexibility index (Phi) is 4.86. The Balaban J connectivity index is 1.92.